The van der Waals surface area contributed by atoms with Gasteiger partial charge in [-0.05, 0) is 51.3 Å². The van der Waals surface area contributed by atoms with Crippen molar-refractivity contribution in [2.75, 3.05) is 0 Å². The fourth-order valence-electron chi connectivity index (χ4n) is 1.67. The van der Waals surface area contributed by atoms with Crippen LogP contribution in [-0.2, 0) is 20.7 Å². The Hall–Kier alpha value is -1.91. The second kappa shape index (κ2) is 6.50. The Bertz CT molecular complexity index is 474. The van der Waals surface area contributed by atoms with Crippen molar-refractivity contribution in [2.45, 2.75) is 39.2 Å². The van der Waals surface area contributed by atoms with E-state index in [1.165, 1.54) is 12.1 Å². The van der Waals surface area contributed by atoms with Gasteiger partial charge in [0.05, 0.1) is 11.9 Å². The summed E-state index contributed by atoms with van der Waals surface area (Å²) in [6.07, 6.45) is 0.390. The number of carbonyl (C=O) groups is 2. The lowest BCUT2D eigenvalue weighted by Crippen LogP contribution is -2.40. The van der Waals surface area contributed by atoms with Crippen LogP contribution in [0.15, 0.2) is 24.3 Å². The van der Waals surface area contributed by atoms with Gasteiger partial charge in [-0.1, -0.05) is 12.1 Å². The second-order valence-electron chi connectivity index (χ2n) is 5.57. The maximum atomic E-state index is 12.7. The molecule has 0 saturated carbocycles. The van der Waals surface area contributed by atoms with Crippen LogP contribution in [0.25, 0.3) is 0 Å². The number of hydrogen-bond acceptors (Lipinski definition) is 4. The van der Waals surface area contributed by atoms with Crippen molar-refractivity contribution in [3.8, 4) is 0 Å². The van der Waals surface area contributed by atoms with Crippen LogP contribution in [0.3, 0.4) is 0 Å². The van der Waals surface area contributed by atoms with Gasteiger partial charge in [-0.25, -0.2) is 4.39 Å². The van der Waals surface area contributed by atoms with E-state index in [9.17, 15) is 19.1 Å². The van der Waals surface area contributed by atoms with Gasteiger partial charge < -0.3 is 14.6 Å². The highest BCUT2D eigenvalue weighted by Crippen LogP contribution is 2.16. The number of aryl methyl sites for hydroxylation is 1. The largest absolute Gasteiger partial charge is 0.549 e. The highest BCUT2D eigenvalue weighted by Gasteiger charge is 2.25. The lowest BCUT2D eigenvalue weighted by Gasteiger charge is -2.24. The molecule has 0 aromatic heterocycles. The molecule has 0 bridgehead atoms. The molecule has 0 saturated heterocycles. The standard InChI is InChI=1S/C15H19FO4/c1-15(2,3)20-14(19)12(13(17)18)9-6-10-4-7-11(16)8-5-10/h4-5,7-8,12H,6,9H2,1-3H3,(H,17,18)/p-1. The summed E-state index contributed by atoms with van der Waals surface area (Å²) < 4.78 is 17.8. The average molecular weight is 281 g/mol. The average Bonchev–Trinajstić information content (AvgIpc) is 2.29. The predicted molar refractivity (Wildman–Crippen MR) is 69.1 cm³/mol. The number of hydrogen-bond donors (Lipinski definition) is 0. The molecule has 1 rings (SSSR count). The maximum absolute atomic E-state index is 12.7. The minimum atomic E-state index is -1.46. The van der Waals surface area contributed by atoms with Crippen LogP contribution in [0, 0.1) is 11.7 Å². The normalized spacial score (nSPS) is 12.8. The summed E-state index contributed by atoms with van der Waals surface area (Å²) in [6.45, 7) is 4.99. The molecule has 0 radical (unpaired) electrons. The SMILES string of the molecule is CC(C)(C)OC(=O)C(CCc1ccc(F)cc1)C(=O)[O-]. The number of benzene rings is 1. The predicted octanol–water partition coefficient (Wildman–Crippen LogP) is 1.47. The van der Waals surface area contributed by atoms with Gasteiger partial charge in [0.15, 0.2) is 0 Å². The summed E-state index contributed by atoms with van der Waals surface area (Å²) >= 11 is 0. The first-order chi connectivity index (χ1) is 9.19. The van der Waals surface area contributed by atoms with Gasteiger partial charge in [-0.15, -0.1) is 0 Å². The molecule has 5 heteroatoms. The maximum Gasteiger partial charge on any atom is 0.315 e. The van der Waals surface area contributed by atoms with E-state index < -0.39 is 23.5 Å². The number of halogens is 1. The van der Waals surface area contributed by atoms with E-state index in [1.807, 2.05) is 0 Å². The van der Waals surface area contributed by atoms with E-state index in [4.69, 9.17) is 4.74 Å². The Morgan fingerprint density at radius 2 is 1.80 bits per heavy atom. The number of rotatable bonds is 5. The fraction of sp³-hybridized carbons (Fsp3) is 0.467. The molecule has 0 spiro atoms. The Morgan fingerprint density at radius 1 is 1.25 bits per heavy atom. The Morgan fingerprint density at radius 3 is 2.25 bits per heavy atom. The zero-order chi connectivity index (χ0) is 15.3. The van der Waals surface area contributed by atoms with E-state index in [0.29, 0.717) is 6.42 Å². The molecule has 1 unspecified atom stereocenters. The molecule has 1 aromatic rings. The minimum absolute atomic E-state index is 0.0584. The monoisotopic (exact) mass is 281 g/mol. The van der Waals surface area contributed by atoms with Crippen molar-refractivity contribution in [1.29, 1.82) is 0 Å². The van der Waals surface area contributed by atoms with E-state index in [0.717, 1.165) is 5.56 Å². The lowest BCUT2D eigenvalue weighted by molar-refractivity contribution is -0.311. The zero-order valence-electron chi connectivity index (χ0n) is 11.8. The summed E-state index contributed by atoms with van der Waals surface area (Å²) in [6, 6.07) is 5.68. The van der Waals surface area contributed by atoms with Crippen molar-refractivity contribution < 1.29 is 23.8 Å². The van der Waals surface area contributed by atoms with Gasteiger partial charge in [0.1, 0.15) is 11.4 Å². The van der Waals surface area contributed by atoms with Crippen LogP contribution in [0.2, 0.25) is 0 Å². The molecule has 1 aromatic carbocycles. The number of carboxylic acids is 1. The van der Waals surface area contributed by atoms with Gasteiger partial charge >= 0.3 is 5.97 Å². The third kappa shape index (κ3) is 5.38. The second-order valence-corrected chi connectivity index (χ2v) is 5.57. The summed E-state index contributed by atoms with van der Waals surface area (Å²) in [7, 11) is 0. The molecule has 0 aliphatic rings. The van der Waals surface area contributed by atoms with E-state index in [2.05, 4.69) is 0 Å². The summed E-state index contributed by atoms with van der Waals surface area (Å²) in [5.41, 5.74) is 0.00177. The Kier molecular flexibility index (Phi) is 5.25. The van der Waals surface area contributed by atoms with Crippen molar-refractivity contribution in [1.82, 2.24) is 0 Å². The van der Waals surface area contributed by atoms with Crippen LogP contribution in [0.5, 0.6) is 0 Å². The summed E-state index contributed by atoms with van der Waals surface area (Å²) in [5, 5.41) is 11.0. The Balaban J connectivity index is 2.66. The molecule has 0 fully saturated rings. The molecule has 0 amide bonds. The summed E-state index contributed by atoms with van der Waals surface area (Å²) in [4.78, 5) is 22.8. The van der Waals surface area contributed by atoms with Crippen LogP contribution < -0.4 is 5.11 Å². The van der Waals surface area contributed by atoms with E-state index >= 15 is 0 Å². The number of esters is 1. The first-order valence-corrected chi connectivity index (χ1v) is 6.37. The van der Waals surface area contributed by atoms with Gasteiger partial charge in [-0.3, -0.25) is 4.79 Å². The minimum Gasteiger partial charge on any atom is -0.549 e. The van der Waals surface area contributed by atoms with E-state index in [1.54, 1.807) is 32.9 Å². The lowest BCUT2D eigenvalue weighted by atomic mass is 9.99. The smallest absolute Gasteiger partial charge is 0.315 e. The van der Waals surface area contributed by atoms with Crippen LogP contribution in [0.1, 0.15) is 32.8 Å². The van der Waals surface area contributed by atoms with Crippen LogP contribution >= 0.6 is 0 Å². The Labute approximate surface area is 117 Å². The number of carboxylic acid groups (broad SMARTS) is 1. The van der Waals surface area contributed by atoms with Crippen molar-refractivity contribution >= 4 is 11.9 Å². The molecule has 110 valence electrons. The molecule has 0 aliphatic heterocycles. The molecule has 0 aliphatic carbocycles. The van der Waals surface area contributed by atoms with Crippen molar-refractivity contribution in [2.24, 2.45) is 5.92 Å². The van der Waals surface area contributed by atoms with Gasteiger partial charge in [0.25, 0.3) is 0 Å². The van der Waals surface area contributed by atoms with Gasteiger partial charge in [0, 0.05) is 0 Å². The molecule has 0 heterocycles. The first kappa shape index (κ1) is 16.1. The van der Waals surface area contributed by atoms with Gasteiger partial charge in [-0.2, -0.15) is 0 Å². The topological polar surface area (TPSA) is 66.4 Å². The molecule has 20 heavy (non-hydrogen) atoms. The number of carbonyl (C=O) groups excluding carboxylic acids is 2. The van der Waals surface area contributed by atoms with Crippen LogP contribution in [0.4, 0.5) is 4.39 Å². The molecular weight excluding hydrogens is 263 g/mol. The molecule has 1 atom stereocenters. The fourth-order valence-corrected chi connectivity index (χ4v) is 1.67. The quantitative estimate of drug-likeness (QED) is 0.605. The highest BCUT2D eigenvalue weighted by molar-refractivity contribution is 5.93. The zero-order valence-corrected chi connectivity index (χ0v) is 11.8. The number of ether oxygens (including phenoxy) is 1. The molecule has 0 N–H and O–H groups in total. The van der Waals surface area contributed by atoms with Gasteiger partial charge in [0.2, 0.25) is 0 Å². The molecule has 4 nitrogen and oxygen atoms in total. The molecular formula is C15H18FO4-. The summed E-state index contributed by atoms with van der Waals surface area (Å²) in [5.74, 6) is -3.95. The third-order valence-electron chi connectivity index (χ3n) is 2.61. The third-order valence-corrected chi connectivity index (χ3v) is 2.61. The highest BCUT2D eigenvalue weighted by atomic mass is 19.1. The number of aliphatic carboxylic acids is 1. The van der Waals surface area contributed by atoms with Crippen LogP contribution in [-0.4, -0.2) is 17.5 Å². The first-order valence-electron chi connectivity index (χ1n) is 6.37. The van der Waals surface area contributed by atoms with E-state index in [-0.39, 0.29) is 12.2 Å². The van der Waals surface area contributed by atoms with Crippen molar-refractivity contribution in [3.63, 3.8) is 0 Å². The van der Waals surface area contributed by atoms with Crippen molar-refractivity contribution in [3.05, 3.63) is 35.6 Å².